The molecule has 5 nitrogen and oxygen atoms in total. The molecule has 3 heterocycles. The molecular formula is C19H23N5. The summed E-state index contributed by atoms with van der Waals surface area (Å²) in [6.45, 7) is 3.23. The van der Waals surface area contributed by atoms with E-state index in [1.165, 1.54) is 18.4 Å². The van der Waals surface area contributed by atoms with E-state index in [0.29, 0.717) is 11.7 Å². The number of nitrogens with two attached hydrogens (primary N) is 1. The number of aromatic nitrogens is 3. The van der Waals surface area contributed by atoms with Crippen molar-refractivity contribution in [3.8, 4) is 0 Å². The molecule has 1 aromatic carbocycles. The molecule has 0 unspecified atom stereocenters. The molecule has 3 aromatic rings. The molecule has 24 heavy (non-hydrogen) atoms. The lowest BCUT2D eigenvalue weighted by molar-refractivity contribution is 0.176. The number of aromatic amines is 1. The first-order valence-corrected chi connectivity index (χ1v) is 8.62. The summed E-state index contributed by atoms with van der Waals surface area (Å²) in [6.07, 6.45) is 5.28. The second kappa shape index (κ2) is 6.61. The molecule has 1 fully saturated rings. The van der Waals surface area contributed by atoms with Crippen molar-refractivity contribution in [1.29, 1.82) is 0 Å². The number of likely N-dealkylation sites (tertiary alicyclic amines) is 1. The smallest absolute Gasteiger partial charge is 0.123 e. The minimum Gasteiger partial charge on any atom is -0.384 e. The van der Waals surface area contributed by atoms with Gasteiger partial charge < -0.3 is 10.7 Å². The van der Waals surface area contributed by atoms with E-state index in [-0.39, 0.29) is 0 Å². The lowest BCUT2D eigenvalue weighted by atomic mass is 9.93. The SMILES string of the molecule is Nc1cc(CN2CCC(Cc3nc4ccccc4[nH]3)CC2)ccn1. The van der Waals surface area contributed by atoms with E-state index in [1.807, 2.05) is 12.1 Å². The maximum absolute atomic E-state index is 5.76. The number of hydrogen-bond acceptors (Lipinski definition) is 4. The molecule has 124 valence electrons. The molecule has 0 spiro atoms. The number of nitrogens with one attached hydrogen (secondary N) is 1. The van der Waals surface area contributed by atoms with Crippen LogP contribution in [0, 0.1) is 5.92 Å². The summed E-state index contributed by atoms with van der Waals surface area (Å²) in [5.74, 6) is 2.44. The normalized spacial score (nSPS) is 16.7. The molecule has 2 aromatic heterocycles. The highest BCUT2D eigenvalue weighted by molar-refractivity contribution is 5.74. The fourth-order valence-corrected chi connectivity index (χ4v) is 3.58. The van der Waals surface area contributed by atoms with Gasteiger partial charge in [-0.1, -0.05) is 12.1 Å². The third-order valence-corrected chi connectivity index (χ3v) is 4.88. The molecule has 1 saturated heterocycles. The summed E-state index contributed by atoms with van der Waals surface area (Å²) in [5, 5.41) is 0. The molecule has 5 heteroatoms. The van der Waals surface area contributed by atoms with Gasteiger partial charge in [0.1, 0.15) is 11.6 Å². The molecule has 0 radical (unpaired) electrons. The van der Waals surface area contributed by atoms with Crippen LogP contribution in [0.2, 0.25) is 0 Å². The lowest BCUT2D eigenvalue weighted by Gasteiger charge is -2.31. The van der Waals surface area contributed by atoms with Crippen LogP contribution in [0.25, 0.3) is 11.0 Å². The second-order valence-corrected chi connectivity index (χ2v) is 6.71. The molecule has 0 atom stereocenters. The van der Waals surface area contributed by atoms with E-state index in [2.05, 4.69) is 39.1 Å². The molecular weight excluding hydrogens is 298 g/mol. The highest BCUT2D eigenvalue weighted by Gasteiger charge is 2.20. The van der Waals surface area contributed by atoms with E-state index in [9.17, 15) is 0 Å². The van der Waals surface area contributed by atoms with Crippen molar-refractivity contribution in [2.24, 2.45) is 5.92 Å². The van der Waals surface area contributed by atoms with Crippen molar-refractivity contribution in [2.75, 3.05) is 18.8 Å². The van der Waals surface area contributed by atoms with Crippen molar-refractivity contribution < 1.29 is 0 Å². The molecule has 0 aliphatic carbocycles. The van der Waals surface area contributed by atoms with Crippen molar-refractivity contribution in [1.82, 2.24) is 19.9 Å². The van der Waals surface area contributed by atoms with E-state index < -0.39 is 0 Å². The molecule has 0 bridgehead atoms. The van der Waals surface area contributed by atoms with Gasteiger partial charge >= 0.3 is 0 Å². The average Bonchev–Trinajstić information content (AvgIpc) is 2.99. The van der Waals surface area contributed by atoms with Gasteiger partial charge in [0.2, 0.25) is 0 Å². The van der Waals surface area contributed by atoms with Crippen molar-refractivity contribution in [3.63, 3.8) is 0 Å². The molecule has 1 aliphatic heterocycles. The number of pyridine rings is 1. The van der Waals surface area contributed by atoms with Gasteiger partial charge in [-0.05, 0) is 61.7 Å². The van der Waals surface area contributed by atoms with Gasteiger partial charge in [-0.3, -0.25) is 4.90 Å². The Labute approximate surface area is 141 Å². The van der Waals surface area contributed by atoms with Crippen LogP contribution < -0.4 is 5.73 Å². The molecule has 3 N–H and O–H groups in total. The summed E-state index contributed by atoms with van der Waals surface area (Å²) in [7, 11) is 0. The van der Waals surface area contributed by atoms with E-state index in [1.54, 1.807) is 6.20 Å². The third kappa shape index (κ3) is 3.41. The minimum absolute atomic E-state index is 0.604. The zero-order valence-electron chi connectivity index (χ0n) is 13.8. The number of anilines is 1. The van der Waals surface area contributed by atoms with Crippen LogP contribution in [-0.2, 0) is 13.0 Å². The van der Waals surface area contributed by atoms with Gasteiger partial charge in [0, 0.05) is 19.2 Å². The maximum atomic E-state index is 5.76. The highest BCUT2D eigenvalue weighted by Crippen LogP contribution is 2.23. The van der Waals surface area contributed by atoms with Crippen LogP contribution in [-0.4, -0.2) is 32.9 Å². The number of fused-ring (bicyclic) bond motifs is 1. The van der Waals surface area contributed by atoms with Crippen LogP contribution in [0.15, 0.2) is 42.6 Å². The van der Waals surface area contributed by atoms with Crippen LogP contribution in [0.3, 0.4) is 0 Å². The zero-order valence-corrected chi connectivity index (χ0v) is 13.8. The predicted octanol–water partition coefficient (Wildman–Crippen LogP) is 2.99. The standard InChI is InChI=1S/C19H23N5/c20-18-11-15(5-8-21-18)13-24-9-6-14(7-10-24)12-19-22-16-3-1-2-4-17(16)23-19/h1-5,8,11,14H,6-7,9-10,12-13H2,(H2,20,21)(H,22,23). The molecule has 4 rings (SSSR count). The summed E-state index contributed by atoms with van der Waals surface area (Å²) < 4.78 is 0. The van der Waals surface area contributed by atoms with Gasteiger partial charge in [-0.2, -0.15) is 0 Å². The summed E-state index contributed by atoms with van der Waals surface area (Å²) >= 11 is 0. The number of piperidine rings is 1. The number of rotatable bonds is 4. The van der Waals surface area contributed by atoms with Gasteiger partial charge in [-0.15, -0.1) is 0 Å². The van der Waals surface area contributed by atoms with Gasteiger partial charge in [0.05, 0.1) is 11.0 Å². The number of para-hydroxylation sites is 2. The Kier molecular flexibility index (Phi) is 4.17. The Balaban J connectivity index is 1.32. The number of imidazole rings is 1. The summed E-state index contributed by atoms with van der Waals surface area (Å²) in [5.41, 5.74) is 9.22. The maximum Gasteiger partial charge on any atom is 0.123 e. The fourth-order valence-electron chi connectivity index (χ4n) is 3.58. The van der Waals surface area contributed by atoms with E-state index in [4.69, 9.17) is 10.7 Å². The topological polar surface area (TPSA) is 70.8 Å². The highest BCUT2D eigenvalue weighted by atomic mass is 15.1. The number of nitrogens with zero attached hydrogens (tertiary/aromatic N) is 3. The quantitative estimate of drug-likeness (QED) is 0.775. The predicted molar refractivity (Wildman–Crippen MR) is 96.4 cm³/mol. The van der Waals surface area contributed by atoms with Gasteiger partial charge in [-0.25, -0.2) is 9.97 Å². The zero-order chi connectivity index (χ0) is 16.4. The minimum atomic E-state index is 0.604. The Morgan fingerprint density at radius 1 is 1.17 bits per heavy atom. The van der Waals surface area contributed by atoms with Gasteiger partial charge in [0.15, 0.2) is 0 Å². The lowest BCUT2D eigenvalue weighted by Crippen LogP contribution is -2.34. The first-order chi connectivity index (χ1) is 11.8. The summed E-state index contributed by atoms with van der Waals surface area (Å²) in [6, 6.07) is 12.3. The number of benzene rings is 1. The Morgan fingerprint density at radius 3 is 2.79 bits per heavy atom. The van der Waals surface area contributed by atoms with Crippen molar-refractivity contribution in [2.45, 2.75) is 25.8 Å². The first-order valence-electron chi connectivity index (χ1n) is 8.62. The van der Waals surface area contributed by atoms with Crippen molar-refractivity contribution >= 4 is 16.9 Å². The molecule has 1 aliphatic rings. The third-order valence-electron chi connectivity index (χ3n) is 4.88. The molecule has 0 saturated carbocycles. The Bertz CT molecular complexity index is 784. The summed E-state index contributed by atoms with van der Waals surface area (Å²) in [4.78, 5) is 14.7. The number of hydrogen-bond donors (Lipinski definition) is 2. The number of nitrogen functional groups attached to an aromatic ring is 1. The average molecular weight is 321 g/mol. The second-order valence-electron chi connectivity index (χ2n) is 6.71. The molecule has 0 amide bonds. The van der Waals surface area contributed by atoms with Crippen LogP contribution >= 0.6 is 0 Å². The van der Waals surface area contributed by atoms with Crippen LogP contribution in [0.1, 0.15) is 24.2 Å². The first kappa shape index (κ1) is 15.1. The Morgan fingerprint density at radius 2 is 2.00 bits per heavy atom. The number of H-pyrrole nitrogens is 1. The van der Waals surface area contributed by atoms with E-state index >= 15 is 0 Å². The van der Waals surface area contributed by atoms with Crippen molar-refractivity contribution in [3.05, 3.63) is 54.0 Å². The van der Waals surface area contributed by atoms with Gasteiger partial charge in [0.25, 0.3) is 0 Å². The van der Waals surface area contributed by atoms with Crippen LogP contribution in [0.5, 0.6) is 0 Å². The van der Waals surface area contributed by atoms with E-state index in [0.717, 1.165) is 42.9 Å². The fraction of sp³-hybridized carbons (Fsp3) is 0.368. The largest absolute Gasteiger partial charge is 0.384 e. The van der Waals surface area contributed by atoms with Crippen LogP contribution in [0.4, 0.5) is 5.82 Å². The Hall–Kier alpha value is -2.40. The monoisotopic (exact) mass is 321 g/mol.